The fourth-order valence-electron chi connectivity index (χ4n) is 2.10. The Morgan fingerprint density at radius 3 is 2.42 bits per heavy atom. The third-order valence-corrected chi connectivity index (χ3v) is 2.80. The maximum atomic E-state index is 8.57. The molecule has 0 aromatic rings. The number of hydrogen-bond acceptors (Lipinski definition) is 2. The van der Waals surface area contributed by atoms with Gasteiger partial charge in [0, 0.05) is 0 Å². The van der Waals surface area contributed by atoms with Gasteiger partial charge in [0.2, 0.25) is 0 Å². The Morgan fingerprint density at radius 1 is 1.25 bits per heavy atom. The van der Waals surface area contributed by atoms with Crippen molar-refractivity contribution in [1.82, 2.24) is 0 Å². The first-order valence-corrected chi connectivity index (χ1v) is 5.09. The van der Waals surface area contributed by atoms with Gasteiger partial charge in [0.1, 0.15) is 6.79 Å². The SMILES string of the molecule is CCCC1CCC(OCO)CC1. The summed E-state index contributed by atoms with van der Waals surface area (Å²) >= 11 is 0. The van der Waals surface area contributed by atoms with E-state index in [1.807, 2.05) is 0 Å². The van der Waals surface area contributed by atoms with Crippen molar-refractivity contribution in [2.45, 2.75) is 51.6 Å². The summed E-state index contributed by atoms with van der Waals surface area (Å²) < 4.78 is 5.16. The smallest absolute Gasteiger partial charge is 0.143 e. The Morgan fingerprint density at radius 2 is 1.92 bits per heavy atom. The van der Waals surface area contributed by atoms with Crippen LogP contribution in [-0.4, -0.2) is 18.0 Å². The Bertz CT molecular complexity index is 92.4. The van der Waals surface area contributed by atoms with Crippen molar-refractivity contribution in [3.8, 4) is 0 Å². The van der Waals surface area contributed by atoms with E-state index in [1.54, 1.807) is 0 Å². The van der Waals surface area contributed by atoms with Crippen molar-refractivity contribution < 1.29 is 9.84 Å². The van der Waals surface area contributed by atoms with Crippen LogP contribution in [0.15, 0.2) is 0 Å². The molecule has 72 valence electrons. The highest BCUT2D eigenvalue weighted by atomic mass is 16.6. The van der Waals surface area contributed by atoms with Crippen molar-refractivity contribution in [2.24, 2.45) is 5.92 Å². The predicted octanol–water partition coefficient (Wildman–Crippen LogP) is 2.31. The first-order valence-electron chi connectivity index (χ1n) is 5.09. The van der Waals surface area contributed by atoms with Gasteiger partial charge in [0.05, 0.1) is 6.10 Å². The van der Waals surface area contributed by atoms with Gasteiger partial charge < -0.3 is 9.84 Å². The largest absolute Gasteiger partial charge is 0.371 e. The van der Waals surface area contributed by atoms with Gasteiger partial charge in [0.15, 0.2) is 0 Å². The van der Waals surface area contributed by atoms with Crippen molar-refractivity contribution >= 4 is 0 Å². The zero-order valence-electron chi connectivity index (χ0n) is 7.96. The van der Waals surface area contributed by atoms with E-state index >= 15 is 0 Å². The Balaban J connectivity index is 2.11. The van der Waals surface area contributed by atoms with Crippen LogP contribution in [0.25, 0.3) is 0 Å². The van der Waals surface area contributed by atoms with Crippen LogP contribution in [0.3, 0.4) is 0 Å². The minimum atomic E-state index is -0.108. The molecule has 0 unspecified atom stereocenters. The normalized spacial score (nSPS) is 30.5. The molecule has 1 N–H and O–H groups in total. The van der Waals surface area contributed by atoms with Gasteiger partial charge in [-0.15, -0.1) is 0 Å². The molecule has 2 heteroatoms. The molecule has 0 amide bonds. The van der Waals surface area contributed by atoms with Crippen LogP contribution in [-0.2, 0) is 4.74 Å². The molecule has 1 saturated carbocycles. The lowest BCUT2D eigenvalue weighted by Gasteiger charge is -2.27. The minimum Gasteiger partial charge on any atom is -0.371 e. The van der Waals surface area contributed by atoms with Crippen LogP contribution >= 0.6 is 0 Å². The number of ether oxygens (including phenoxy) is 1. The maximum Gasteiger partial charge on any atom is 0.143 e. The molecular weight excluding hydrogens is 152 g/mol. The van der Waals surface area contributed by atoms with Crippen LogP contribution in [0.4, 0.5) is 0 Å². The third-order valence-electron chi connectivity index (χ3n) is 2.80. The molecule has 0 aromatic heterocycles. The molecule has 0 radical (unpaired) electrons. The second-order valence-electron chi connectivity index (χ2n) is 3.73. The summed E-state index contributed by atoms with van der Waals surface area (Å²) in [5.74, 6) is 0.925. The molecule has 2 nitrogen and oxygen atoms in total. The fraction of sp³-hybridized carbons (Fsp3) is 1.00. The maximum absolute atomic E-state index is 8.57. The van der Waals surface area contributed by atoms with Gasteiger partial charge >= 0.3 is 0 Å². The van der Waals surface area contributed by atoms with Crippen molar-refractivity contribution in [2.75, 3.05) is 6.79 Å². The minimum absolute atomic E-state index is 0.108. The van der Waals surface area contributed by atoms with E-state index in [4.69, 9.17) is 9.84 Å². The summed E-state index contributed by atoms with van der Waals surface area (Å²) in [4.78, 5) is 0. The zero-order valence-corrected chi connectivity index (χ0v) is 7.96. The summed E-state index contributed by atoms with van der Waals surface area (Å²) in [5.41, 5.74) is 0. The average Bonchev–Trinajstić information content (AvgIpc) is 2.09. The van der Waals surface area contributed by atoms with E-state index in [0.717, 1.165) is 18.8 Å². The Kier molecular flexibility index (Phi) is 4.62. The molecule has 1 aliphatic rings. The highest BCUT2D eigenvalue weighted by Crippen LogP contribution is 2.28. The van der Waals surface area contributed by atoms with Gasteiger partial charge in [-0.2, -0.15) is 0 Å². The lowest BCUT2D eigenvalue weighted by molar-refractivity contribution is -0.0674. The van der Waals surface area contributed by atoms with Gasteiger partial charge in [-0.05, 0) is 31.6 Å². The van der Waals surface area contributed by atoms with Crippen molar-refractivity contribution in [3.63, 3.8) is 0 Å². The molecule has 0 atom stereocenters. The topological polar surface area (TPSA) is 29.5 Å². The van der Waals surface area contributed by atoms with Crippen LogP contribution in [0, 0.1) is 5.92 Å². The van der Waals surface area contributed by atoms with Crippen LogP contribution in [0.5, 0.6) is 0 Å². The molecule has 1 fully saturated rings. The summed E-state index contributed by atoms with van der Waals surface area (Å²) in [7, 11) is 0. The van der Waals surface area contributed by atoms with Crippen LogP contribution in [0.1, 0.15) is 45.4 Å². The molecule has 0 saturated heterocycles. The summed E-state index contributed by atoms with van der Waals surface area (Å²) in [5, 5.41) is 8.57. The van der Waals surface area contributed by atoms with E-state index in [0.29, 0.717) is 6.10 Å². The Labute approximate surface area is 74.9 Å². The second-order valence-corrected chi connectivity index (χ2v) is 3.73. The highest BCUT2D eigenvalue weighted by molar-refractivity contribution is 4.72. The summed E-state index contributed by atoms with van der Waals surface area (Å²) in [6.07, 6.45) is 7.87. The van der Waals surface area contributed by atoms with Gasteiger partial charge in [-0.3, -0.25) is 0 Å². The summed E-state index contributed by atoms with van der Waals surface area (Å²) in [6, 6.07) is 0. The number of hydrogen-bond donors (Lipinski definition) is 1. The number of rotatable bonds is 4. The fourth-order valence-corrected chi connectivity index (χ4v) is 2.10. The van der Waals surface area contributed by atoms with Crippen LogP contribution < -0.4 is 0 Å². The molecule has 1 rings (SSSR count). The first kappa shape index (κ1) is 10.0. The second kappa shape index (κ2) is 5.55. The lowest BCUT2D eigenvalue weighted by Crippen LogP contribution is -2.21. The number of aliphatic hydroxyl groups is 1. The average molecular weight is 172 g/mol. The molecule has 1 aliphatic carbocycles. The van der Waals surface area contributed by atoms with Gasteiger partial charge in [-0.1, -0.05) is 19.8 Å². The number of aliphatic hydroxyl groups excluding tert-OH is 1. The predicted molar refractivity (Wildman–Crippen MR) is 48.8 cm³/mol. The molecule has 0 heterocycles. The zero-order chi connectivity index (χ0) is 8.81. The summed E-state index contributed by atoms with van der Waals surface area (Å²) in [6.45, 7) is 2.14. The van der Waals surface area contributed by atoms with E-state index in [-0.39, 0.29) is 6.79 Å². The molecular formula is C10H20O2. The van der Waals surface area contributed by atoms with E-state index < -0.39 is 0 Å². The molecule has 0 bridgehead atoms. The molecule has 0 spiro atoms. The van der Waals surface area contributed by atoms with E-state index in [2.05, 4.69) is 6.92 Å². The van der Waals surface area contributed by atoms with Crippen molar-refractivity contribution in [3.05, 3.63) is 0 Å². The highest BCUT2D eigenvalue weighted by Gasteiger charge is 2.20. The van der Waals surface area contributed by atoms with Crippen molar-refractivity contribution in [1.29, 1.82) is 0 Å². The lowest BCUT2D eigenvalue weighted by atomic mass is 9.85. The quantitative estimate of drug-likeness (QED) is 0.659. The van der Waals surface area contributed by atoms with Crippen LogP contribution in [0.2, 0.25) is 0 Å². The van der Waals surface area contributed by atoms with E-state index in [9.17, 15) is 0 Å². The molecule has 0 aliphatic heterocycles. The monoisotopic (exact) mass is 172 g/mol. The van der Waals surface area contributed by atoms with Gasteiger partial charge in [-0.25, -0.2) is 0 Å². The third kappa shape index (κ3) is 3.11. The Hall–Kier alpha value is -0.0800. The van der Waals surface area contributed by atoms with E-state index in [1.165, 1.54) is 25.7 Å². The standard InChI is InChI=1S/C10H20O2/c1-2-3-9-4-6-10(7-5-9)12-8-11/h9-11H,2-8H2,1H3. The van der Waals surface area contributed by atoms with Gasteiger partial charge in [0.25, 0.3) is 0 Å². The molecule has 12 heavy (non-hydrogen) atoms. The molecule has 0 aromatic carbocycles. The first-order chi connectivity index (χ1) is 5.86.